The molecule has 0 radical (unpaired) electrons. The SMILES string of the molecule is Cc1cc(O[Si](C)(C)C(C)(C)C)ccc1[SiH](C)C. The fraction of sp³-hybridized carbons (Fsp3) is 0.600. The minimum atomic E-state index is -1.70. The number of hydrogen-bond acceptors (Lipinski definition) is 1. The van der Waals surface area contributed by atoms with Crippen LogP contribution in [0.4, 0.5) is 0 Å². The smallest absolute Gasteiger partial charge is 0.250 e. The molecular formula is C15H28OSi2. The first-order valence-corrected chi connectivity index (χ1v) is 12.6. The van der Waals surface area contributed by atoms with E-state index in [1.165, 1.54) is 5.56 Å². The number of benzene rings is 1. The Balaban J connectivity index is 2.97. The molecule has 0 N–H and O–H groups in total. The van der Waals surface area contributed by atoms with E-state index in [1.54, 1.807) is 5.19 Å². The van der Waals surface area contributed by atoms with Gasteiger partial charge in [-0.05, 0) is 42.8 Å². The molecule has 1 rings (SSSR count). The Kier molecular flexibility index (Phi) is 4.49. The molecule has 0 aliphatic carbocycles. The molecule has 0 saturated carbocycles. The average Bonchev–Trinajstić information content (AvgIpc) is 2.14. The Morgan fingerprint density at radius 1 is 1.11 bits per heavy atom. The molecule has 0 heterocycles. The zero-order chi connectivity index (χ0) is 14.1. The van der Waals surface area contributed by atoms with Crippen LogP contribution in [0.1, 0.15) is 26.3 Å². The molecule has 0 fully saturated rings. The van der Waals surface area contributed by atoms with E-state index in [0.717, 1.165) is 5.75 Å². The first-order chi connectivity index (χ1) is 8.04. The minimum Gasteiger partial charge on any atom is -0.543 e. The highest BCUT2D eigenvalue weighted by Gasteiger charge is 2.38. The summed E-state index contributed by atoms with van der Waals surface area (Å²) in [6, 6.07) is 6.66. The van der Waals surface area contributed by atoms with Crippen molar-refractivity contribution in [3.8, 4) is 5.75 Å². The second-order valence-electron chi connectivity index (χ2n) is 7.04. The van der Waals surface area contributed by atoms with Crippen LogP contribution in [0.3, 0.4) is 0 Å². The molecule has 0 bridgehead atoms. The Hall–Kier alpha value is -0.546. The van der Waals surface area contributed by atoms with Crippen LogP contribution in [-0.4, -0.2) is 17.1 Å². The monoisotopic (exact) mass is 280 g/mol. The van der Waals surface area contributed by atoms with Crippen molar-refractivity contribution in [2.24, 2.45) is 0 Å². The lowest BCUT2D eigenvalue weighted by molar-refractivity contribution is 0.492. The van der Waals surface area contributed by atoms with Crippen LogP contribution >= 0.6 is 0 Å². The summed E-state index contributed by atoms with van der Waals surface area (Å²) in [6.45, 7) is 18.4. The largest absolute Gasteiger partial charge is 0.543 e. The molecule has 0 unspecified atom stereocenters. The van der Waals surface area contributed by atoms with Gasteiger partial charge in [-0.2, -0.15) is 0 Å². The molecule has 0 aromatic heterocycles. The van der Waals surface area contributed by atoms with Gasteiger partial charge in [0.15, 0.2) is 0 Å². The summed E-state index contributed by atoms with van der Waals surface area (Å²) in [5.74, 6) is 1.05. The van der Waals surface area contributed by atoms with Gasteiger partial charge in [0.1, 0.15) is 5.75 Å². The standard InChI is InChI=1S/C15H28OSi2/c1-12-11-13(9-10-14(12)17(5)6)16-18(7,8)15(2,3)4/h9-11,17H,1-8H3. The third-order valence-corrected chi connectivity index (χ3v) is 10.3. The second-order valence-corrected chi connectivity index (χ2v) is 14.7. The first kappa shape index (κ1) is 15.5. The van der Waals surface area contributed by atoms with Crippen molar-refractivity contribution in [2.45, 2.75) is 58.9 Å². The van der Waals surface area contributed by atoms with E-state index in [0.29, 0.717) is 0 Å². The molecule has 0 aliphatic heterocycles. The van der Waals surface area contributed by atoms with Gasteiger partial charge < -0.3 is 4.43 Å². The summed E-state index contributed by atoms with van der Waals surface area (Å²) in [5.41, 5.74) is 1.40. The molecule has 102 valence electrons. The molecule has 0 atom stereocenters. The van der Waals surface area contributed by atoms with Crippen molar-refractivity contribution in [1.29, 1.82) is 0 Å². The van der Waals surface area contributed by atoms with E-state index in [4.69, 9.17) is 4.43 Å². The van der Waals surface area contributed by atoms with Crippen LogP contribution in [-0.2, 0) is 0 Å². The Bertz CT molecular complexity index is 417. The lowest BCUT2D eigenvalue weighted by Gasteiger charge is -2.36. The third-order valence-electron chi connectivity index (χ3n) is 4.04. The van der Waals surface area contributed by atoms with E-state index in [9.17, 15) is 0 Å². The predicted octanol–water partition coefficient (Wildman–Crippen LogP) is 4.07. The Morgan fingerprint density at radius 2 is 1.67 bits per heavy atom. The van der Waals surface area contributed by atoms with E-state index >= 15 is 0 Å². The zero-order valence-corrected chi connectivity index (χ0v) is 15.4. The molecule has 0 amide bonds. The number of aryl methyl sites for hydroxylation is 1. The van der Waals surface area contributed by atoms with Gasteiger partial charge in [-0.15, -0.1) is 0 Å². The van der Waals surface area contributed by atoms with Crippen LogP contribution < -0.4 is 9.61 Å². The predicted molar refractivity (Wildman–Crippen MR) is 87.5 cm³/mol. The maximum absolute atomic E-state index is 6.34. The molecule has 1 aromatic rings. The third kappa shape index (κ3) is 3.48. The van der Waals surface area contributed by atoms with Gasteiger partial charge in [-0.3, -0.25) is 0 Å². The highest BCUT2D eigenvalue weighted by molar-refractivity contribution is 6.74. The number of hydrogen-bond donors (Lipinski definition) is 0. The summed E-state index contributed by atoms with van der Waals surface area (Å²) in [6.07, 6.45) is 0. The summed E-state index contributed by atoms with van der Waals surface area (Å²) >= 11 is 0. The van der Waals surface area contributed by atoms with Gasteiger partial charge in [0.2, 0.25) is 8.32 Å². The van der Waals surface area contributed by atoms with Crippen LogP contribution in [0.5, 0.6) is 5.75 Å². The van der Waals surface area contributed by atoms with Crippen molar-refractivity contribution in [3.05, 3.63) is 23.8 Å². The van der Waals surface area contributed by atoms with Crippen LogP contribution in [0, 0.1) is 6.92 Å². The van der Waals surface area contributed by atoms with Gasteiger partial charge in [0, 0.05) is 0 Å². The fourth-order valence-electron chi connectivity index (χ4n) is 1.81. The van der Waals surface area contributed by atoms with Crippen LogP contribution in [0.25, 0.3) is 0 Å². The summed E-state index contributed by atoms with van der Waals surface area (Å²) < 4.78 is 6.34. The minimum absolute atomic E-state index is 0.256. The Morgan fingerprint density at radius 3 is 2.06 bits per heavy atom. The molecule has 0 aliphatic rings. The van der Waals surface area contributed by atoms with Crippen LogP contribution in [0.15, 0.2) is 18.2 Å². The summed E-state index contributed by atoms with van der Waals surface area (Å²) in [5, 5.41) is 1.81. The van der Waals surface area contributed by atoms with Gasteiger partial charge >= 0.3 is 0 Å². The van der Waals surface area contributed by atoms with E-state index in [2.05, 4.69) is 72.1 Å². The molecule has 0 saturated heterocycles. The normalized spacial score (nSPS) is 12.9. The van der Waals surface area contributed by atoms with Crippen molar-refractivity contribution in [3.63, 3.8) is 0 Å². The lowest BCUT2D eigenvalue weighted by atomic mass is 10.2. The van der Waals surface area contributed by atoms with Gasteiger partial charge in [0.05, 0.1) is 8.80 Å². The summed E-state index contributed by atoms with van der Waals surface area (Å²) in [7, 11) is -2.42. The topological polar surface area (TPSA) is 9.23 Å². The molecule has 1 aromatic carbocycles. The van der Waals surface area contributed by atoms with Gasteiger partial charge in [0.25, 0.3) is 0 Å². The molecule has 1 nitrogen and oxygen atoms in total. The van der Waals surface area contributed by atoms with Gasteiger partial charge in [-0.25, -0.2) is 0 Å². The maximum Gasteiger partial charge on any atom is 0.250 e. The molecule has 3 heteroatoms. The zero-order valence-electron chi connectivity index (χ0n) is 13.2. The fourth-order valence-corrected chi connectivity index (χ4v) is 4.30. The van der Waals surface area contributed by atoms with Crippen LogP contribution in [0.2, 0.25) is 31.2 Å². The molecule has 0 spiro atoms. The van der Waals surface area contributed by atoms with E-state index in [-0.39, 0.29) is 5.04 Å². The maximum atomic E-state index is 6.34. The number of rotatable bonds is 3. The second kappa shape index (κ2) is 5.21. The van der Waals surface area contributed by atoms with Crippen molar-refractivity contribution >= 4 is 22.3 Å². The lowest BCUT2D eigenvalue weighted by Crippen LogP contribution is -2.44. The van der Waals surface area contributed by atoms with Crippen molar-refractivity contribution in [1.82, 2.24) is 0 Å². The first-order valence-electron chi connectivity index (χ1n) is 6.84. The highest BCUT2D eigenvalue weighted by Crippen LogP contribution is 2.37. The quantitative estimate of drug-likeness (QED) is 0.758. The van der Waals surface area contributed by atoms with Gasteiger partial charge in [-0.1, -0.05) is 45.1 Å². The van der Waals surface area contributed by atoms with Crippen molar-refractivity contribution < 1.29 is 4.43 Å². The Labute approximate surface area is 115 Å². The van der Waals surface area contributed by atoms with Crippen molar-refractivity contribution in [2.75, 3.05) is 0 Å². The van der Waals surface area contributed by atoms with E-state index < -0.39 is 17.1 Å². The highest BCUT2D eigenvalue weighted by atomic mass is 28.4. The average molecular weight is 281 g/mol. The summed E-state index contributed by atoms with van der Waals surface area (Å²) in [4.78, 5) is 0. The molecular weight excluding hydrogens is 252 g/mol. The van der Waals surface area contributed by atoms with E-state index in [1.807, 2.05) is 0 Å². The molecule has 18 heavy (non-hydrogen) atoms.